The number of amides is 1. The normalized spacial score (nSPS) is 13.8. The molecule has 1 amide bonds. The van der Waals surface area contributed by atoms with Gasteiger partial charge in [-0.3, -0.25) is 4.79 Å². The molecule has 1 N–H and O–H groups in total. The Morgan fingerprint density at radius 1 is 0.970 bits per heavy atom. The van der Waals surface area contributed by atoms with Gasteiger partial charge in [0.25, 0.3) is 5.91 Å². The molecule has 0 saturated carbocycles. The Bertz CT molecular complexity index is 1340. The molecule has 0 aliphatic carbocycles. The predicted octanol–water partition coefficient (Wildman–Crippen LogP) is 4.13. The number of rotatable bonds is 5. The molecule has 0 saturated heterocycles. The van der Waals surface area contributed by atoms with Crippen molar-refractivity contribution >= 4 is 39.2 Å². The van der Waals surface area contributed by atoms with E-state index in [1.165, 1.54) is 53.9 Å². The van der Waals surface area contributed by atoms with Crippen LogP contribution in [0.15, 0.2) is 71.6 Å². The number of esters is 1. The van der Waals surface area contributed by atoms with Gasteiger partial charge in [-0.25, -0.2) is 13.2 Å². The number of nitrogens with one attached hydrogen (secondary N) is 1. The Kier molecular flexibility index (Phi) is 6.51. The molecule has 1 aliphatic heterocycles. The van der Waals surface area contributed by atoms with Crippen LogP contribution in [0.3, 0.4) is 0 Å². The summed E-state index contributed by atoms with van der Waals surface area (Å²) in [7, 11) is -2.54. The highest BCUT2D eigenvalue weighted by Crippen LogP contribution is 2.27. The largest absolute Gasteiger partial charge is 0.465 e. The average molecular weight is 485 g/mol. The van der Waals surface area contributed by atoms with Crippen LogP contribution >= 0.6 is 11.6 Å². The SMILES string of the molecule is COC(=O)c1ccc(Cl)c(NC(=O)c2cccc(S(=O)(=O)N3CCc4ccccc4C3)c2)c1. The molecule has 0 fully saturated rings. The van der Waals surface area contributed by atoms with E-state index in [1.54, 1.807) is 0 Å². The molecule has 170 valence electrons. The first-order valence-corrected chi connectivity index (χ1v) is 12.0. The molecule has 7 nitrogen and oxygen atoms in total. The fourth-order valence-corrected chi connectivity index (χ4v) is 5.31. The summed E-state index contributed by atoms with van der Waals surface area (Å²) in [6.07, 6.45) is 0.630. The minimum absolute atomic E-state index is 0.0314. The van der Waals surface area contributed by atoms with Crippen molar-refractivity contribution in [2.75, 3.05) is 19.0 Å². The Morgan fingerprint density at radius 2 is 1.73 bits per heavy atom. The molecule has 1 aliphatic rings. The van der Waals surface area contributed by atoms with Gasteiger partial charge in [-0.15, -0.1) is 0 Å². The number of benzene rings is 3. The van der Waals surface area contributed by atoms with Gasteiger partial charge >= 0.3 is 5.97 Å². The summed E-state index contributed by atoms with van der Waals surface area (Å²) in [5.74, 6) is -1.13. The van der Waals surface area contributed by atoms with Crippen molar-refractivity contribution in [3.63, 3.8) is 0 Å². The number of methoxy groups -OCH3 is 1. The third-order valence-electron chi connectivity index (χ3n) is 5.47. The zero-order chi connectivity index (χ0) is 23.6. The number of nitrogens with zero attached hydrogens (tertiary/aromatic N) is 1. The van der Waals surface area contributed by atoms with Gasteiger partial charge in [0.2, 0.25) is 10.0 Å². The third kappa shape index (κ3) is 4.78. The highest BCUT2D eigenvalue weighted by molar-refractivity contribution is 7.89. The summed E-state index contributed by atoms with van der Waals surface area (Å²) in [6.45, 7) is 0.649. The Balaban J connectivity index is 1.57. The predicted molar refractivity (Wildman–Crippen MR) is 125 cm³/mol. The zero-order valence-corrected chi connectivity index (χ0v) is 19.3. The number of carbonyl (C=O) groups is 2. The van der Waals surface area contributed by atoms with Crippen molar-refractivity contribution in [1.82, 2.24) is 4.31 Å². The lowest BCUT2D eigenvalue weighted by molar-refractivity contribution is 0.0600. The van der Waals surface area contributed by atoms with Gasteiger partial charge in [-0.2, -0.15) is 4.31 Å². The molecule has 0 bridgehead atoms. The fraction of sp³-hybridized carbons (Fsp3) is 0.167. The quantitative estimate of drug-likeness (QED) is 0.550. The van der Waals surface area contributed by atoms with Crippen molar-refractivity contribution in [2.24, 2.45) is 0 Å². The van der Waals surface area contributed by atoms with Crippen LogP contribution in [0, 0.1) is 0 Å². The van der Waals surface area contributed by atoms with Gasteiger partial charge in [0, 0.05) is 18.7 Å². The van der Waals surface area contributed by atoms with Crippen LogP contribution < -0.4 is 5.32 Å². The van der Waals surface area contributed by atoms with Crippen LogP contribution in [0.5, 0.6) is 0 Å². The Morgan fingerprint density at radius 3 is 2.48 bits per heavy atom. The van der Waals surface area contributed by atoms with E-state index in [9.17, 15) is 18.0 Å². The third-order valence-corrected chi connectivity index (χ3v) is 7.64. The first-order chi connectivity index (χ1) is 15.8. The average Bonchev–Trinajstić information content (AvgIpc) is 2.84. The Labute approximate surface area is 197 Å². The summed E-state index contributed by atoms with van der Waals surface area (Å²) in [6, 6.07) is 17.9. The van der Waals surface area contributed by atoms with Crippen LogP contribution in [0.2, 0.25) is 5.02 Å². The maximum Gasteiger partial charge on any atom is 0.337 e. The topological polar surface area (TPSA) is 92.8 Å². The molecule has 4 rings (SSSR count). The van der Waals surface area contributed by atoms with Gasteiger partial charge < -0.3 is 10.1 Å². The molecule has 3 aromatic rings. The molecule has 0 radical (unpaired) electrons. The lowest BCUT2D eigenvalue weighted by Crippen LogP contribution is -2.36. The number of hydrogen-bond acceptors (Lipinski definition) is 5. The second-order valence-corrected chi connectivity index (χ2v) is 9.87. The van der Waals surface area contributed by atoms with E-state index in [0.29, 0.717) is 13.0 Å². The van der Waals surface area contributed by atoms with E-state index < -0.39 is 21.9 Å². The van der Waals surface area contributed by atoms with Crippen molar-refractivity contribution in [3.8, 4) is 0 Å². The second-order valence-electron chi connectivity index (χ2n) is 7.53. The van der Waals surface area contributed by atoms with Crippen molar-refractivity contribution in [2.45, 2.75) is 17.9 Å². The summed E-state index contributed by atoms with van der Waals surface area (Å²) in [4.78, 5) is 24.6. The molecule has 1 heterocycles. The van der Waals surface area contributed by atoms with Crippen LogP contribution in [0.1, 0.15) is 31.8 Å². The van der Waals surface area contributed by atoms with Crippen LogP contribution in [0.4, 0.5) is 5.69 Å². The van der Waals surface area contributed by atoms with Crippen molar-refractivity contribution in [3.05, 3.63) is 94.0 Å². The fourth-order valence-electron chi connectivity index (χ4n) is 3.68. The maximum atomic E-state index is 13.3. The monoisotopic (exact) mass is 484 g/mol. The molecule has 33 heavy (non-hydrogen) atoms. The number of ether oxygens (including phenoxy) is 1. The lowest BCUT2D eigenvalue weighted by atomic mass is 10.0. The van der Waals surface area contributed by atoms with Crippen molar-refractivity contribution in [1.29, 1.82) is 0 Å². The number of sulfonamides is 1. The highest BCUT2D eigenvalue weighted by Gasteiger charge is 2.28. The summed E-state index contributed by atoms with van der Waals surface area (Å²) in [5.41, 5.74) is 2.70. The van der Waals surface area contributed by atoms with Crippen LogP contribution in [-0.4, -0.2) is 38.3 Å². The number of carbonyl (C=O) groups excluding carboxylic acids is 2. The highest BCUT2D eigenvalue weighted by atomic mass is 35.5. The van der Waals surface area contributed by atoms with Crippen molar-refractivity contribution < 1.29 is 22.7 Å². The van der Waals surface area contributed by atoms with E-state index >= 15 is 0 Å². The van der Waals surface area contributed by atoms with Gasteiger partial charge in [0.05, 0.1) is 28.3 Å². The second kappa shape index (κ2) is 9.35. The maximum absolute atomic E-state index is 13.3. The van der Waals surface area contributed by atoms with E-state index in [4.69, 9.17) is 11.6 Å². The molecule has 0 aromatic heterocycles. The molecule has 0 spiro atoms. The van der Waals surface area contributed by atoms with Crippen LogP contribution in [0.25, 0.3) is 0 Å². The minimum atomic E-state index is -3.80. The van der Waals surface area contributed by atoms with E-state index in [-0.39, 0.29) is 33.3 Å². The molecule has 9 heteroatoms. The first-order valence-electron chi connectivity index (χ1n) is 10.2. The van der Waals surface area contributed by atoms with E-state index in [1.807, 2.05) is 24.3 Å². The first kappa shape index (κ1) is 23.0. The van der Waals surface area contributed by atoms with Gasteiger partial charge in [-0.05, 0) is 53.9 Å². The van der Waals surface area contributed by atoms with Gasteiger partial charge in [-0.1, -0.05) is 41.9 Å². The number of hydrogen-bond donors (Lipinski definition) is 1. The summed E-state index contributed by atoms with van der Waals surface area (Å²) >= 11 is 6.15. The van der Waals surface area contributed by atoms with Gasteiger partial charge in [0.1, 0.15) is 0 Å². The van der Waals surface area contributed by atoms with Crippen LogP contribution in [-0.2, 0) is 27.7 Å². The van der Waals surface area contributed by atoms with Gasteiger partial charge in [0.15, 0.2) is 0 Å². The molecule has 3 aromatic carbocycles. The number of fused-ring (bicyclic) bond motifs is 1. The standard InChI is InChI=1S/C24H21ClN2O5S/c1-32-24(29)18-9-10-21(25)22(14-18)26-23(28)17-7-4-8-20(13-17)33(30,31)27-12-11-16-5-2-3-6-19(16)15-27/h2-10,13-14H,11-12,15H2,1H3,(H,26,28). The Hall–Kier alpha value is -3.20. The smallest absolute Gasteiger partial charge is 0.337 e. The summed E-state index contributed by atoms with van der Waals surface area (Å²) < 4.78 is 32.6. The molecular weight excluding hydrogens is 464 g/mol. The lowest BCUT2D eigenvalue weighted by Gasteiger charge is -2.28. The molecule has 0 atom stereocenters. The van der Waals surface area contributed by atoms with E-state index in [2.05, 4.69) is 10.1 Å². The number of halogens is 1. The molecular formula is C24H21ClN2O5S. The van der Waals surface area contributed by atoms with E-state index in [0.717, 1.165) is 11.1 Å². The number of anilines is 1. The molecule has 0 unspecified atom stereocenters. The minimum Gasteiger partial charge on any atom is -0.465 e. The zero-order valence-electron chi connectivity index (χ0n) is 17.7. The summed E-state index contributed by atoms with van der Waals surface area (Å²) in [5, 5.41) is 2.86.